The molecule has 2 aliphatic heterocycles. The molecule has 4 atom stereocenters. The van der Waals surface area contributed by atoms with Gasteiger partial charge in [0.1, 0.15) is 11.9 Å². The van der Waals surface area contributed by atoms with E-state index in [1.54, 1.807) is 7.11 Å². The van der Waals surface area contributed by atoms with Crippen LogP contribution >= 0.6 is 0 Å². The van der Waals surface area contributed by atoms with Crippen LogP contribution in [0, 0.1) is 11.8 Å². The maximum atomic E-state index is 5.91. The molecule has 2 aromatic rings. The molecule has 26 heavy (non-hydrogen) atoms. The van der Waals surface area contributed by atoms with Gasteiger partial charge in [-0.15, -0.1) is 10.2 Å². The molecule has 0 amide bonds. The normalized spacial score (nSPS) is 28.7. The lowest BCUT2D eigenvalue weighted by atomic mass is 10.0. The summed E-state index contributed by atoms with van der Waals surface area (Å²) >= 11 is 0. The Hall–Kier alpha value is -2.08. The lowest BCUT2D eigenvalue weighted by molar-refractivity contribution is 0.0848. The third-order valence-corrected chi connectivity index (χ3v) is 5.77. The Morgan fingerprint density at radius 1 is 1.23 bits per heavy atom. The number of hydrogen-bond acceptors (Lipinski definition) is 5. The second-order valence-electron chi connectivity index (χ2n) is 7.76. The molecule has 0 saturated carbocycles. The molecule has 2 aliphatic rings. The van der Waals surface area contributed by atoms with Crippen LogP contribution in [0.4, 0.5) is 5.95 Å². The van der Waals surface area contributed by atoms with E-state index in [0.717, 1.165) is 43.5 Å². The van der Waals surface area contributed by atoms with Crippen LogP contribution in [-0.4, -0.2) is 35.0 Å². The van der Waals surface area contributed by atoms with Gasteiger partial charge in [-0.1, -0.05) is 26.0 Å². The minimum absolute atomic E-state index is 0.0524. The van der Waals surface area contributed by atoms with Crippen molar-refractivity contribution in [3.05, 3.63) is 35.7 Å². The SMILES string of the molecule is COc1cccc(C2CC(C)CN2c2nnc([C@@H]3OCC[C@@H]3C)n2C)c1. The van der Waals surface area contributed by atoms with Gasteiger partial charge in [0.15, 0.2) is 5.82 Å². The third kappa shape index (κ3) is 2.96. The highest BCUT2D eigenvalue weighted by Crippen LogP contribution is 2.40. The second-order valence-corrected chi connectivity index (χ2v) is 7.76. The molecule has 2 unspecified atom stereocenters. The molecule has 2 fully saturated rings. The Balaban J connectivity index is 1.66. The molecule has 0 bridgehead atoms. The Labute approximate surface area is 155 Å². The molecule has 0 spiro atoms. The third-order valence-electron chi connectivity index (χ3n) is 5.77. The zero-order chi connectivity index (χ0) is 18.3. The first-order valence-corrected chi connectivity index (χ1v) is 9.50. The van der Waals surface area contributed by atoms with Crippen molar-refractivity contribution in [1.82, 2.24) is 14.8 Å². The van der Waals surface area contributed by atoms with Gasteiger partial charge in [-0.2, -0.15) is 0 Å². The summed E-state index contributed by atoms with van der Waals surface area (Å²) in [4.78, 5) is 2.38. The fourth-order valence-electron chi connectivity index (χ4n) is 4.29. The minimum atomic E-state index is 0.0524. The topological polar surface area (TPSA) is 52.4 Å². The average Bonchev–Trinajstić information content (AvgIpc) is 3.33. The van der Waals surface area contributed by atoms with E-state index in [4.69, 9.17) is 9.47 Å². The standard InChI is InChI=1S/C20H28N4O2/c1-13-10-17(15-6-5-7-16(11-15)25-4)24(12-13)20-22-21-19(23(20)3)18-14(2)8-9-26-18/h5-7,11,13-14,17-18H,8-10,12H2,1-4H3/t13?,14-,17?,18+/m0/s1. The molecule has 0 radical (unpaired) electrons. The van der Waals surface area contributed by atoms with Gasteiger partial charge in [-0.25, -0.2) is 0 Å². The molecule has 6 nitrogen and oxygen atoms in total. The van der Waals surface area contributed by atoms with Gasteiger partial charge in [0.05, 0.1) is 13.2 Å². The first-order valence-electron chi connectivity index (χ1n) is 9.50. The Morgan fingerprint density at radius 3 is 2.81 bits per heavy atom. The summed E-state index contributed by atoms with van der Waals surface area (Å²) in [7, 11) is 3.77. The van der Waals surface area contributed by atoms with Crippen molar-refractivity contribution >= 4 is 5.95 Å². The van der Waals surface area contributed by atoms with Gasteiger partial charge in [-0.05, 0) is 42.4 Å². The van der Waals surface area contributed by atoms with Crippen LogP contribution in [0.3, 0.4) is 0 Å². The molecule has 1 aromatic heterocycles. The van der Waals surface area contributed by atoms with E-state index in [1.165, 1.54) is 5.56 Å². The number of hydrogen-bond donors (Lipinski definition) is 0. The van der Waals surface area contributed by atoms with Crippen LogP contribution in [0.1, 0.15) is 50.2 Å². The summed E-state index contributed by atoms with van der Waals surface area (Å²) in [5.41, 5.74) is 1.27. The van der Waals surface area contributed by atoms with Gasteiger partial charge in [0.25, 0.3) is 0 Å². The van der Waals surface area contributed by atoms with Crippen LogP contribution in [0.25, 0.3) is 0 Å². The predicted molar refractivity (Wildman–Crippen MR) is 100 cm³/mol. The van der Waals surface area contributed by atoms with Crippen molar-refractivity contribution in [3.8, 4) is 5.75 Å². The van der Waals surface area contributed by atoms with Crippen LogP contribution in [0.5, 0.6) is 5.75 Å². The Morgan fingerprint density at radius 2 is 2.08 bits per heavy atom. The summed E-state index contributed by atoms with van der Waals surface area (Å²) in [6.07, 6.45) is 2.24. The fraction of sp³-hybridized carbons (Fsp3) is 0.600. The minimum Gasteiger partial charge on any atom is -0.497 e. The summed E-state index contributed by atoms with van der Waals surface area (Å²) in [5, 5.41) is 9.06. The molecular weight excluding hydrogens is 328 g/mol. The van der Waals surface area contributed by atoms with Gasteiger partial charge < -0.3 is 14.4 Å². The lowest BCUT2D eigenvalue weighted by Gasteiger charge is -2.26. The van der Waals surface area contributed by atoms with E-state index >= 15 is 0 Å². The zero-order valence-electron chi connectivity index (χ0n) is 16.1. The maximum absolute atomic E-state index is 5.91. The summed E-state index contributed by atoms with van der Waals surface area (Å²) in [6, 6.07) is 8.65. The summed E-state index contributed by atoms with van der Waals surface area (Å²) < 4.78 is 13.5. The highest BCUT2D eigenvalue weighted by atomic mass is 16.5. The highest BCUT2D eigenvalue weighted by molar-refractivity contribution is 5.42. The van der Waals surface area contributed by atoms with Crippen LogP contribution in [-0.2, 0) is 11.8 Å². The van der Waals surface area contributed by atoms with E-state index in [1.807, 2.05) is 6.07 Å². The molecule has 6 heteroatoms. The van der Waals surface area contributed by atoms with Crippen LogP contribution < -0.4 is 9.64 Å². The average molecular weight is 356 g/mol. The first kappa shape index (κ1) is 17.3. The monoisotopic (exact) mass is 356 g/mol. The second kappa shape index (κ2) is 6.91. The van der Waals surface area contributed by atoms with Crippen LogP contribution in [0.15, 0.2) is 24.3 Å². The number of benzene rings is 1. The van der Waals surface area contributed by atoms with Gasteiger partial charge >= 0.3 is 0 Å². The Bertz CT molecular complexity index is 775. The van der Waals surface area contributed by atoms with Crippen LogP contribution in [0.2, 0.25) is 0 Å². The maximum Gasteiger partial charge on any atom is 0.227 e. The first-order chi connectivity index (χ1) is 12.6. The highest BCUT2D eigenvalue weighted by Gasteiger charge is 2.36. The van der Waals surface area contributed by atoms with Crippen molar-refractivity contribution in [2.45, 2.75) is 38.8 Å². The van der Waals surface area contributed by atoms with Gasteiger partial charge in [0, 0.05) is 20.2 Å². The van der Waals surface area contributed by atoms with Crippen molar-refractivity contribution in [1.29, 1.82) is 0 Å². The molecule has 4 rings (SSSR count). The quantitative estimate of drug-likeness (QED) is 0.839. The largest absolute Gasteiger partial charge is 0.497 e. The molecular formula is C20H28N4O2. The fourth-order valence-corrected chi connectivity index (χ4v) is 4.29. The molecule has 2 saturated heterocycles. The number of rotatable bonds is 4. The molecule has 140 valence electrons. The number of anilines is 1. The molecule has 0 aliphatic carbocycles. The summed E-state index contributed by atoms with van der Waals surface area (Å²) in [5.74, 6) is 3.85. The predicted octanol–water partition coefficient (Wildman–Crippen LogP) is 3.51. The van der Waals surface area contributed by atoms with E-state index < -0.39 is 0 Å². The molecule has 0 N–H and O–H groups in total. The van der Waals surface area contributed by atoms with E-state index in [-0.39, 0.29) is 12.1 Å². The Kier molecular flexibility index (Phi) is 4.61. The van der Waals surface area contributed by atoms with E-state index in [2.05, 4.69) is 58.8 Å². The smallest absolute Gasteiger partial charge is 0.227 e. The zero-order valence-corrected chi connectivity index (χ0v) is 16.1. The number of nitrogens with zero attached hydrogens (tertiary/aromatic N) is 4. The lowest BCUT2D eigenvalue weighted by Crippen LogP contribution is -2.26. The van der Waals surface area contributed by atoms with Crippen molar-refractivity contribution < 1.29 is 9.47 Å². The number of aromatic nitrogens is 3. The number of methoxy groups -OCH3 is 1. The van der Waals surface area contributed by atoms with E-state index in [0.29, 0.717) is 11.8 Å². The number of ether oxygens (including phenoxy) is 2. The molecule has 3 heterocycles. The van der Waals surface area contributed by atoms with E-state index in [9.17, 15) is 0 Å². The van der Waals surface area contributed by atoms with Gasteiger partial charge in [0.2, 0.25) is 5.95 Å². The van der Waals surface area contributed by atoms with Gasteiger partial charge in [-0.3, -0.25) is 4.57 Å². The summed E-state index contributed by atoms with van der Waals surface area (Å²) in [6.45, 7) is 6.31. The van der Waals surface area contributed by atoms with Crippen molar-refractivity contribution in [3.63, 3.8) is 0 Å². The van der Waals surface area contributed by atoms with Crippen molar-refractivity contribution in [2.24, 2.45) is 18.9 Å². The van der Waals surface area contributed by atoms with Crippen molar-refractivity contribution in [2.75, 3.05) is 25.2 Å². The molecule has 1 aromatic carbocycles.